The second-order valence-electron chi connectivity index (χ2n) is 15.3. The molecule has 1 aromatic carbocycles. The average Bonchev–Trinajstić information content (AvgIpc) is 3.63. The summed E-state index contributed by atoms with van der Waals surface area (Å²) in [6.45, 7) is 9.06. The molecule has 4 aliphatic rings. The highest BCUT2D eigenvalue weighted by atomic mass is 19.3. The number of piperidine rings is 2. The number of likely N-dealkylation sites (tertiary alicyclic amines) is 1. The summed E-state index contributed by atoms with van der Waals surface area (Å²) in [5, 5.41) is 12.1. The van der Waals surface area contributed by atoms with Crippen LogP contribution >= 0.6 is 0 Å². The molecule has 1 atom stereocenters. The van der Waals surface area contributed by atoms with Crippen molar-refractivity contribution in [2.24, 2.45) is 5.92 Å². The summed E-state index contributed by atoms with van der Waals surface area (Å²) in [6, 6.07) is 4.00. The molecule has 0 spiro atoms. The first-order valence-corrected chi connectivity index (χ1v) is 18.6. The van der Waals surface area contributed by atoms with E-state index in [-0.39, 0.29) is 41.8 Å². The predicted molar refractivity (Wildman–Crippen MR) is 190 cm³/mol. The molecule has 2 aromatic rings. The highest BCUT2D eigenvalue weighted by molar-refractivity contribution is 6.25. The van der Waals surface area contributed by atoms with E-state index in [1.165, 1.54) is 6.20 Å². The van der Waals surface area contributed by atoms with Crippen molar-refractivity contribution in [3.63, 3.8) is 0 Å². The maximum Gasteiger partial charge on any atom is 0.412 e. The van der Waals surface area contributed by atoms with Crippen LogP contribution in [-0.2, 0) is 19.1 Å². The Balaban J connectivity index is 0.888. The zero-order valence-electron chi connectivity index (χ0n) is 30.5. The number of fused-ring (bicyclic) bond motifs is 1. The minimum Gasteiger partial charge on any atom is -0.444 e. The van der Waals surface area contributed by atoms with Gasteiger partial charge in [0, 0.05) is 51.1 Å². The van der Waals surface area contributed by atoms with E-state index in [0.29, 0.717) is 31.2 Å². The van der Waals surface area contributed by atoms with Gasteiger partial charge >= 0.3 is 6.09 Å². The van der Waals surface area contributed by atoms with Gasteiger partial charge in [0.1, 0.15) is 11.6 Å². The second kappa shape index (κ2) is 16.3. The summed E-state index contributed by atoms with van der Waals surface area (Å²) in [5.74, 6) is -1.61. The number of carbonyl (C=O) groups is 5. The maximum absolute atomic E-state index is 13.7. The molecule has 1 saturated carbocycles. The van der Waals surface area contributed by atoms with Crippen molar-refractivity contribution in [1.82, 2.24) is 24.9 Å². The highest BCUT2D eigenvalue weighted by Crippen LogP contribution is 2.36. The van der Waals surface area contributed by atoms with Crippen molar-refractivity contribution in [1.29, 1.82) is 0 Å². The lowest BCUT2D eigenvalue weighted by atomic mass is 9.85. The minimum atomic E-state index is -2.82. The van der Waals surface area contributed by atoms with Crippen molar-refractivity contribution >= 4 is 41.1 Å². The van der Waals surface area contributed by atoms with Crippen molar-refractivity contribution in [2.75, 3.05) is 43.4 Å². The molecule has 0 bridgehead atoms. The number of aromatic nitrogens is 2. The number of amides is 5. The van der Waals surface area contributed by atoms with E-state index in [4.69, 9.17) is 9.47 Å². The lowest BCUT2D eigenvalue weighted by Gasteiger charge is -2.36. The number of ether oxygens (including phenoxy) is 2. The molecular formula is C37H49F2N7O7. The molecule has 0 radical (unpaired) electrons. The molecule has 53 heavy (non-hydrogen) atoms. The molecule has 1 unspecified atom stereocenters. The van der Waals surface area contributed by atoms with Gasteiger partial charge in [0.2, 0.25) is 11.8 Å². The summed E-state index contributed by atoms with van der Waals surface area (Å²) in [7, 11) is 0. The zero-order valence-corrected chi connectivity index (χ0v) is 30.5. The molecule has 4 heterocycles. The Kier molecular flexibility index (Phi) is 11.8. The van der Waals surface area contributed by atoms with Gasteiger partial charge in [-0.25, -0.2) is 13.6 Å². The van der Waals surface area contributed by atoms with Crippen molar-refractivity contribution in [3.8, 4) is 0 Å². The fourth-order valence-corrected chi connectivity index (χ4v) is 7.69. The van der Waals surface area contributed by atoms with Crippen LogP contribution in [0.4, 0.5) is 25.0 Å². The number of hydrogen-bond acceptors (Lipinski definition) is 10. The quantitative estimate of drug-likeness (QED) is 0.193. The third kappa shape index (κ3) is 9.21. The number of halogens is 2. The van der Waals surface area contributed by atoms with Crippen LogP contribution in [0.1, 0.15) is 117 Å². The number of benzene rings is 1. The normalized spacial score (nSPS) is 23.0. The predicted octanol–water partition coefficient (Wildman–Crippen LogP) is 5.28. The Morgan fingerprint density at radius 2 is 1.74 bits per heavy atom. The van der Waals surface area contributed by atoms with Gasteiger partial charge in [0.15, 0.2) is 5.69 Å². The van der Waals surface area contributed by atoms with Crippen LogP contribution in [0.5, 0.6) is 0 Å². The minimum absolute atomic E-state index is 0.00937. The summed E-state index contributed by atoms with van der Waals surface area (Å²) >= 11 is 0. The topological polar surface area (TPSA) is 164 Å². The largest absolute Gasteiger partial charge is 0.444 e. The molecule has 288 valence electrons. The third-order valence-electron chi connectivity index (χ3n) is 10.3. The van der Waals surface area contributed by atoms with E-state index in [1.807, 2.05) is 0 Å². The first-order valence-electron chi connectivity index (χ1n) is 18.6. The van der Waals surface area contributed by atoms with Crippen molar-refractivity contribution in [3.05, 3.63) is 41.2 Å². The molecule has 3 fully saturated rings. The number of imide groups is 2. The van der Waals surface area contributed by atoms with E-state index in [2.05, 4.69) is 25.9 Å². The molecule has 1 aromatic heterocycles. The SMILES string of the molecule is CC(C)(C)OC(=O)Nc1cn([C@H]2CC[C@H](CN3CCC(OCCCNc4cccc5c4C(=O)N(C4CCC(=O)NC4=O)C5=O)CC3)CC2)nc1C(F)F. The average molecular weight is 742 g/mol. The summed E-state index contributed by atoms with van der Waals surface area (Å²) in [5.41, 5.74) is -0.212. The fraction of sp³-hybridized carbons (Fsp3) is 0.622. The molecule has 5 amide bonds. The molecule has 14 nitrogen and oxygen atoms in total. The van der Waals surface area contributed by atoms with E-state index < -0.39 is 53.5 Å². The Morgan fingerprint density at radius 1 is 1.00 bits per heavy atom. The summed E-state index contributed by atoms with van der Waals surface area (Å²) < 4.78 is 40.4. The number of rotatable bonds is 12. The molecule has 1 aliphatic carbocycles. The monoisotopic (exact) mass is 741 g/mol. The smallest absolute Gasteiger partial charge is 0.412 e. The zero-order chi connectivity index (χ0) is 37.9. The molecule has 6 rings (SSSR count). The number of hydrogen-bond donors (Lipinski definition) is 3. The Labute approximate surface area is 307 Å². The van der Waals surface area contributed by atoms with Crippen LogP contribution in [0.2, 0.25) is 0 Å². The lowest BCUT2D eigenvalue weighted by Crippen LogP contribution is -2.54. The highest BCUT2D eigenvalue weighted by Gasteiger charge is 2.45. The Hall–Kier alpha value is -4.44. The Bertz CT molecular complexity index is 1690. The number of anilines is 2. The Morgan fingerprint density at radius 3 is 2.42 bits per heavy atom. The van der Waals surface area contributed by atoms with Gasteiger partial charge in [-0.05, 0) is 90.2 Å². The maximum atomic E-state index is 13.7. The van der Waals surface area contributed by atoms with Crippen molar-refractivity contribution < 1.29 is 42.2 Å². The second-order valence-corrected chi connectivity index (χ2v) is 15.3. The third-order valence-corrected chi connectivity index (χ3v) is 10.3. The van der Waals surface area contributed by atoms with Gasteiger partial charge in [0.25, 0.3) is 18.2 Å². The first kappa shape index (κ1) is 38.3. The van der Waals surface area contributed by atoms with E-state index in [0.717, 1.165) is 63.1 Å². The van der Waals surface area contributed by atoms with E-state index in [9.17, 15) is 32.8 Å². The molecule has 16 heteroatoms. The summed E-state index contributed by atoms with van der Waals surface area (Å²) in [6.07, 6.45) is 4.35. The van der Waals surface area contributed by atoms with Gasteiger partial charge in [-0.1, -0.05) is 6.07 Å². The number of nitrogens with zero attached hydrogens (tertiary/aromatic N) is 4. The van der Waals surface area contributed by atoms with Gasteiger partial charge < -0.3 is 19.7 Å². The van der Waals surface area contributed by atoms with Crippen LogP contribution in [-0.4, -0.2) is 99.8 Å². The molecule has 3 N–H and O–H groups in total. The van der Waals surface area contributed by atoms with Gasteiger partial charge in [-0.3, -0.25) is 39.4 Å². The van der Waals surface area contributed by atoms with Crippen molar-refractivity contribution in [2.45, 2.75) is 109 Å². The standard InChI is InChI=1S/C37H49F2N7O7/c1-37(2,3)53-36(51)41-27-21-45(43-31(27)32(38)39)23-10-8-22(9-11-23)20-44-17-14-24(15-18-44)52-19-5-16-40-26-7-4-6-25-30(26)35(50)46(34(25)49)28-12-13-29(47)42-33(28)48/h4,6-7,21-24,28,32,40H,5,8-20H2,1-3H3,(H,41,51)(H,42,47,48)/t22-,23-,28?. The number of carbonyl (C=O) groups excluding carboxylic acids is 5. The number of alkyl halides is 2. The fourth-order valence-electron chi connectivity index (χ4n) is 7.69. The van der Waals surface area contributed by atoms with Gasteiger partial charge in [0.05, 0.1) is 29.0 Å². The van der Waals surface area contributed by atoms with Gasteiger partial charge in [-0.15, -0.1) is 0 Å². The van der Waals surface area contributed by atoms with Crippen LogP contribution in [0.25, 0.3) is 0 Å². The van der Waals surface area contributed by atoms with Crippen LogP contribution in [0, 0.1) is 5.92 Å². The molecular weight excluding hydrogens is 692 g/mol. The van der Waals surface area contributed by atoms with Crippen LogP contribution in [0.3, 0.4) is 0 Å². The van der Waals surface area contributed by atoms with E-state index in [1.54, 1.807) is 43.7 Å². The van der Waals surface area contributed by atoms with Gasteiger partial charge in [-0.2, -0.15) is 5.10 Å². The van der Waals surface area contributed by atoms with Crippen LogP contribution < -0.4 is 16.0 Å². The molecule has 3 aliphatic heterocycles. The first-order chi connectivity index (χ1) is 25.3. The summed E-state index contributed by atoms with van der Waals surface area (Å²) in [4.78, 5) is 66.0. The van der Waals surface area contributed by atoms with Crippen LogP contribution in [0.15, 0.2) is 24.4 Å². The lowest BCUT2D eigenvalue weighted by molar-refractivity contribution is -0.136. The molecule has 2 saturated heterocycles. The number of nitrogens with one attached hydrogen (secondary N) is 3. The van der Waals surface area contributed by atoms with E-state index >= 15 is 0 Å².